The van der Waals surface area contributed by atoms with Crippen LogP contribution in [0.25, 0.3) is 0 Å². The SMILES string of the molecule is CCCN(C(=O)C(C)S(C)(=O)=O)c1ccc(N)cc1. The molecule has 1 rings (SSSR count). The Balaban J connectivity index is 3.07. The van der Waals surface area contributed by atoms with Crippen LogP contribution in [0.15, 0.2) is 24.3 Å². The molecular formula is C13H20N2O3S. The van der Waals surface area contributed by atoms with Crippen molar-refractivity contribution in [2.45, 2.75) is 25.5 Å². The Morgan fingerprint density at radius 3 is 2.26 bits per heavy atom. The van der Waals surface area contributed by atoms with Crippen LogP contribution >= 0.6 is 0 Å². The summed E-state index contributed by atoms with van der Waals surface area (Å²) in [6, 6.07) is 6.82. The molecule has 0 heterocycles. The van der Waals surface area contributed by atoms with Crippen LogP contribution in [0.5, 0.6) is 0 Å². The van der Waals surface area contributed by atoms with Gasteiger partial charge in [0.05, 0.1) is 0 Å². The first kappa shape index (κ1) is 15.5. The smallest absolute Gasteiger partial charge is 0.245 e. The standard InChI is InChI=1S/C13H20N2O3S/c1-4-9-15(12-7-5-11(14)6-8-12)13(16)10(2)19(3,17)18/h5-8,10H,4,9,14H2,1-3H3. The summed E-state index contributed by atoms with van der Waals surface area (Å²) < 4.78 is 23.0. The highest BCUT2D eigenvalue weighted by Gasteiger charge is 2.28. The van der Waals surface area contributed by atoms with Crippen LogP contribution in [0.2, 0.25) is 0 Å². The molecule has 5 nitrogen and oxygen atoms in total. The van der Waals surface area contributed by atoms with Crippen molar-refractivity contribution in [1.29, 1.82) is 0 Å². The van der Waals surface area contributed by atoms with Crippen LogP contribution in [0.3, 0.4) is 0 Å². The van der Waals surface area contributed by atoms with Crippen LogP contribution in [0, 0.1) is 0 Å². The Morgan fingerprint density at radius 2 is 1.84 bits per heavy atom. The number of benzene rings is 1. The minimum absolute atomic E-state index is 0.408. The Labute approximate surface area is 114 Å². The molecule has 0 saturated carbocycles. The van der Waals surface area contributed by atoms with Crippen molar-refractivity contribution in [3.63, 3.8) is 0 Å². The van der Waals surface area contributed by atoms with Crippen molar-refractivity contribution in [1.82, 2.24) is 0 Å². The van der Waals surface area contributed by atoms with Crippen LogP contribution < -0.4 is 10.6 Å². The number of rotatable bonds is 5. The number of carbonyl (C=O) groups excluding carboxylic acids is 1. The highest BCUT2D eigenvalue weighted by Crippen LogP contribution is 2.19. The molecule has 0 bridgehead atoms. The van der Waals surface area contributed by atoms with Gasteiger partial charge in [0.1, 0.15) is 5.25 Å². The third-order valence-corrected chi connectivity index (χ3v) is 4.39. The minimum Gasteiger partial charge on any atom is -0.399 e. The van der Waals surface area contributed by atoms with Crippen LogP contribution in [0.4, 0.5) is 11.4 Å². The Hall–Kier alpha value is -1.56. The number of amides is 1. The summed E-state index contributed by atoms with van der Waals surface area (Å²) in [6.07, 6.45) is 1.81. The van der Waals surface area contributed by atoms with E-state index in [1.807, 2.05) is 6.92 Å². The van der Waals surface area contributed by atoms with Gasteiger partial charge in [-0.1, -0.05) is 6.92 Å². The molecule has 0 aliphatic heterocycles. The van der Waals surface area contributed by atoms with Gasteiger partial charge in [-0.2, -0.15) is 0 Å². The number of nitrogens with zero attached hydrogens (tertiary/aromatic N) is 1. The van der Waals surface area contributed by atoms with Crippen molar-refractivity contribution in [3.8, 4) is 0 Å². The van der Waals surface area contributed by atoms with E-state index in [2.05, 4.69) is 0 Å². The zero-order valence-corrected chi connectivity index (χ0v) is 12.3. The average Bonchev–Trinajstić information content (AvgIpc) is 2.34. The minimum atomic E-state index is -3.40. The zero-order chi connectivity index (χ0) is 14.6. The molecule has 0 fully saturated rings. The predicted molar refractivity (Wildman–Crippen MR) is 77.8 cm³/mol. The molecule has 19 heavy (non-hydrogen) atoms. The van der Waals surface area contributed by atoms with E-state index in [4.69, 9.17) is 5.73 Å². The molecule has 6 heteroatoms. The molecule has 1 aromatic rings. The van der Waals surface area contributed by atoms with Gasteiger partial charge < -0.3 is 10.6 Å². The van der Waals surface area contributed by atoms with Crippen molar-refractivity contribution < 1.29 is 13.2 Å². The van der Waals surface area contributed by atoms with Gasteiger partial charge in [-0.25, -0.2) is 8.42 Å². The lowest BCUT2D eigenvalue weighted by molar-refractivity contribution is -0.118. The summed E-state index contributed by atoms with van der Waals surface area (Å²) in [5, 5.41) is -1.04. The number of nitrogens with two attached hydrogens (primary N) is 1. The van der Waals surface area contributed by atoms with E-state index in [9.17, 15) is 13.2 Å². The van der Waals surface area contributed by atoms with E-state index >= 15 is 0 Å². The monoisotopic (exact) mass is 284 g/mol. The summed E-state index contributed by atoms with van der Waals surface area (Å²) in [4.78, 5) is 13.8. The summed E-state index contributed by atoms with van der Waals surface area (Å²) in [5.41, 5.74) is 6.87. The van der Waals surface area contributed by atoms with Gasteiger partial charge in [0.15, 0.2) is 9.84 Å². The number of nitrogen functional groups attached to an aromatic ring is 1. The Morgan fingerprint density at radius 1 is 1.32 bits per heavy atom. The quantitative estimate of drug-likeness (QED) is 0.830. The molecule has 1 amide bonds. The molecule has 0 radical (unpaired) electrons. The molecule has 106 valence electrons. The van der Waals surface area contributed by atoms with Crippen molar-refractivity contribution in [2.75, 3.05) is 23.4 Å². The van der Waals surface area contributed by atoms with Gasteiger partial charge in [-0.3, -0.25) is 4.79 Å². The maximum atomic E-state index is 12.3. The fourth-order valence-electron chi connectivity index (χ4n) is 1.65. The van der Waals surface area contributed by atoms with E-state index in [1.54, 1.807) is 24.3 Å². The van der Waals surface area contributed by atoms with Crippen molar-refractivity contribution >= 4 is 27.1 Å². The lowest BCUT2D eigenvalue weighted by atomic mass is 10.2. The summed E-state index contributed by atoms with van der Waals surface area (Å²) in [7, 11) is -3.40. The fraction of sp³-hybridized carbons (Fsp3) is 0.462. The van der Waals surface area contributed by atoms with Crippen LogP contribution in [-0.4, -0.2) is 32.4 Å². The van der Waals surface area contributed by atoms with Gasteiger partial charge in [0, 0.05) is 24.2 Å². The number of anilines is 2. The molecule has 0 saturated heterocycles. The molecule has 0 aliphatic carbocycles. The highest BCUT2D eigenvalue weighted by atomic mass is 32.2. The highest BCUT2D eigenvalue weighted by molar-refractivity contribution is 7.92. The van der Waals surface area contributed by atoms with Crippen molar-refractivity contribution in [3.05, 3.63) is 24.3 Å². The topological polar surface area (TPSA) is 80.5 Å². The molecule has 1 aromatic carbocycles. The second-order valence-corrected chi connectivity index (χ2v) is 6.92. The molecule has 0 spiro atoms. The van der Waals surface area contributed by atoms with E-state index < -0.39 is 21.0 Å². The molecule has 1 unspecified atom stereocenters. The second-order valence-electron chi connectivity index (χ2n) is 4.55. The molecule has 0 aliphatic rings. The van der Waals surface area contributed by atoms with Crippen molar-refractivity contribution in [2.24, 2.45) is 0 Å². The van der Waals surface area contributed by atoms with E-state index in [1.165, 1.54) is 11.8 Å². The van der Waals surface area contributed by atoms with Gasteiger partial charge in [-0.15, -0.1) is 0 Å². The van der Waals surface area contributed by atoms with Gasteiger partial charge in [-0.05, 0) is 37.6 Å². The predicted octanol–water partition coefficient (Wildman–Crippen LogP) is 1.44. The molecule has 1 atom stereocenters. The maximum Gasteiger partial charge on any atom is 0.245 e. The molecule has 0 aromatic heterocycles. The van der Waals surface area contributed by atoms with Gasteiger partial charge >= 0.3 is 0 Å². The Bertz CT molecular complexity index is 538. The normalized spacial score (nSPS) is 13.0. The fourth-order valence-corrected chi connectivity index (χ4v) is 2.14. The number of carbonyl (C=O) groups is 1. The average molecular weight is 284 g/mol. The van der Waals surface area contributed by atoms with Gasteiger partial charge in [0.2, 0.25) is 5.91 Å². The third-order valence-electron chi connectivity index (χ3n) is 2.91. The van der Waals surface area contributed by atoms with E-state index in [0.717, 1.165) is 12.7 Å². The van der Waals surface area contributed by atoms with E-state index in [-0.39, 0.29) is 0 Å². The third kappa shape index (κ3) is 3.96. The largest absolute Gasteiger partial charge is 0.399 e. The van der Waals surface area contributed by atoms with Crippen LogP contribution in [0.1, 0.15) is 20.3 Å². The number of sulfone groups is 1. The number of hydrogen-bond acceptors (Lipinski definition) is 4. The molecular weight excluding hydrogens is 264 g/mol. The maximum absolute atomic E-state index is 12.3. The summed E-state index contributed by atoms with van der Waals surface area (Å²) >= 11 is 0. The first-order valence-corrected chi connectivity index (χ1v) is 8.08. The lowest BCUT2D eigenvalue weighted by Crippen LogP contribution is -2.41. The lowest BCUT2D eigenvalue weighted by Gasteiger charge is -2.25. The molecule has 2 N–H and O–H groups in total. The first-order chi connectivity index (χ1) is 8.77. The van der Waals surface area contributed by atoms with Gasteiger partial charge in [0.25, 0.3) is 0 Å². The first-order valence-electron chi connectivity index (χ1n) is 6.13. The summed E-state index contributed by atoms with van der Waals surface area (Å²) in [6.45, 7) is 3.82. The van der Waals surface area contributed by atoms with E-state index in [0.29, 0.717) is 17.9 Å². The van der Waals surface area contributed by atoms with Crippen LogP contribution in [-0.2, 0) is 14.6 Å². The summed E-state index contributed by atoms with van der Waals surface area (Å²) in [5.74, 6) is -0.408. The Kier molecular flexibility index (Phi) is 4.94. The number of hydrogen-bond donors (Lipinski definition) is 1. The zero-order valence-electron chi connectivity index (χ0n) is 11.5. The second kappa shape index (κ2) is 6.06.